The van der Waals surface area contributed by atoms with Crippen molar-refractivity contribution in [1.82, 2.24) is 0 Å². The predicted octanol–water partition coefficient (Wildman–Crippen LogP) is 23.8. The quantitative estimate of drug-likeness (QED) is 0.0261. The second-order valence-corrected chi connectivity index (χ2v) is 23.1. The molecule has 1 atom stereocenters. The summed E-state index contributed by atoms with van der Waals surface area (Å²) in [4.78, 5) is 38.4. The molecule has 6 nitrogen and oxygen atoms in total. The summed E-state index contributed by atoms with van der Waals surface area (Å²) in [5.74, 6) is -0.973. The lowest BCUT2D eigenvalue weighted by molar-refractivity contribution is -0.166. The summed E-state index contributed by atoms with van der Waals surface area (Å²) in [5, 5.41) is 0. The molecule has 0 spiro atoms. The maximum atomic E-state index is 12.9. The third-order valence-corrected chi connectivity index (χ3v) is 15.1. The Kier molecular flexibility index (Phi) is 65.2. The molecule has 0 rings (SSSR count). The van der Waals surface area contributed by atoms with Crippen molar-refractivity contribution in [2.45, 2.75) is 354 Å². The van der Waals surface area contributed by atoms with Crippen molar-refractivity contribution in [2.24, 2.45) is 0 Å². The highest BCUT2D eigenvalue weighted by Gasteiger charge is 2.19. The molecule has 0 bridgehead atoms. The Balaban J connectivity index is 4.40. The van der Waals surface area contributed by atoms with Crippen molar-refractivity contribution in [1.29, 1.82) is 0 Å². The van der Waals surface area contributed by atoms with Gasteiger partial charge in [0.1, 0.15) is 13.2 Å². The zero-order valence-corrected chi connectivity index (χ0v) is 53.1. The molecule has 0 saturated carbocycles. The van der Waals surface area contributed by atoms with E-state index in [4.69, 9.17) is 14.2 Å². The fraction of sp³-hybridized carbons (Fsp3) is 0.770. The number of rotatable bonds is 63. The van der Waals surface area contributed by atoms with Gasteiger partial charge < -0.3 is 14.2 Å². The average molecular weight is 1120 g/mol. The van der Waals surface area contributed by atoms with Crippen LogP contribution in [0.3, 0.4) is 0 Å². The highest BCUT2D eigenvalue weighted by molar-refractivity contribution is 5.71. The summed E-state index contributed by atoms with van der Waals surface area (Å²) < 4.78 is 16.9. The van der Waals surface area contributed by atoms with E-state index in [1.165, 1.54) is 225 Å². The van der Waals surface area contributed by atoms with E-state index in [-0.39, 0.29) is 37.5 Å². The number of carbonyl (C=O) groups excluding carboxylic acids is 3. The largest absolute Gasteiger partial charge is 0.462 e. The van der Waals surface area contributed by atoms with Gasteiger partial charge in [0.05, 0.1) is 0 Å². The van der Waals surface area contributed by atoms with Crippen LogP contribution >= 0.6 is 0 Å². The van der Waals surface area contributed by atoms with E-state index in [2.05, 4.69) is 99.8 Å². The van der Waals surface area contributed by atoms with Crippen LogP contribution in [0.5, 0.6) is 0 Å². The Morgan fingerprint density at radius 1 is 0.263 bits per heavy atom. The van der Waals surface area contributed by atoms with Crippen molar-refractivity contribution in [3.63, 3.8) is 0 Å². The molecule has 0 aromatic heterocycles. The monoisotopic (exact) mass is 1110 g/mol. The standard InChI is InChI=1S/C74H130O6/c1-4-7-10-13-16-19-22-25-28-31-34-35-36-37-38-41-43-46-49-52-55-58-61-64-67-73(76)79-70-71(80-74(77)68-65-62-59-56-53-50-47-44-40-33-30-27-24-21-18-15-12-9-6-3)69-78-72(75)66-63-60-57-54-51-48-45-42-39-32-29-26-23-20-17-14-11-8-5-2/h9,12,18,21,26-27,29-30,40,44,50,53,59,62,71H,4-8,10-11,13-17,19-20,22-25,28,31-39,41-43,45-49,51-52,54-58,60-61,63-70H2,1-3H3/b12-9-,21-18-,29-26-,30-27-,44-40-,53-50-,62-59-. The first-order valence-electron chi connectivity index (χ1n) is 34.6. The normalized spacial score (nSPS) is 12.6. The van der Waals surface area contributed by atoms with Gasteiger partial charge in [-0.1, -0.05) is 331 Å². The minimum atomic E-state index is -0.819. The van der Waals surface area contributed by atoms with Crippen LogP contribution in [0.1, 0.15) is 348 Å². The molecule has 0 aromatic rings. The Morgan fingerprint density at radius 3 is 0.812 bits per heavy atom. The first-order valence-corrected chi connectivity index (χ1v) is 34.6. The number of hydrogen-bond acceptors (Lipinski definition) is 6. The van der Waals surface area contributed by atoms with E-state index in [9.17, 15) is 14.4 Å². The second kappa shape index (κ2) is 68.1. The second-order valence-electron chi connectivity index (χ2n) is 23.1. The molecule has 0 heterocycles. The van der Waals surface area contributed by atoms with Gasteiger partial charge in [0.25, 0.3) is 0 Å². The summed E-state index contributed by atoms with van der Waals surface area (Å²) >= 11 is 0. The van der Waals surface area contributed by atoms with Gasteiger partial charge in [-0.25, -0.2) is 0 Å². The molecular formula is C74H130O6. The first-order chi connectivity index (χ1) is 39.5. The lowest BCUT2D eigenvalue weighted by atomic mass is 10.0. The van der Waals surface area contributed by atoms with E-state index in [1.54, 1.807) is 0 Å². The molecule has 1 unspecified atom stereocenters. The van der Waals surface area contributed by atoms with Crippen molar-refractivity contribution in [3.8, 4) is 0 Å². The third kappa shape index (κ3) is 65.4. The fourth-order valence-corrected chi connectivity index (χ4v) is 10.00. The lowest BCUT2D eigenvalue weighted by Gasteiger charge is -2.18. The van der Waals surface area contributed by atoms with Crippen LogP contribution in [0, 0.1) is 0 Å². The molecule has 462 valence electrons. The number of hydrogen-bond donors (Lipinski definition) is 0. The maximum Gasteiger partial charge on any atom is 0.306 e. The van der Waals surface area contributed by atoms with Gasteiger partial charge in [-0.2, -0.15) is 0 Å². The van der Waals surface area contributed by atoms with Crippen molar-refractivity contribution < 1.29 is 28.6 Å². The smallest absolute Gasteiger partial charge is 0.306 e. The molecule has 6 heteroatoms. The molecule has 0 aliphatic heterocycles. The maximum absolute atomic E-state index is 12.9. The molecular weight excluding hydrogens is 985 g/mol. The Bertz CT molecular complexity index is 1520. The lowest BCUT2D eigenvalue weighted by Crippen LogP contribution is -2.30. The minimum Gasteiger partial charge on any atom is -0.462 e. The van der Waals surface area contributed by atoms with Crippen molar-refractivity contribution in [3.05, 3.63) is 85.1 Å². The first kappa shape index (κ1) is 76.6. The van der Waals surface area contributed by atoms with Gasteiger partial charge in [0.15, 0.2) is 6.10 Å². The van der Waals surface area contributed by atoms with Gasteiger partial charge in [-0.3, -0.25) is 14.4 Å². The SMILES string of the molecule is CC/C=C\C/C=C\C/C=C\C/C=C\C/C=C\C/C=C\CCC(=O)OC(COC(=O)CCCCCCCCCCC/C=C\CCCCCCCC)COC(=O)CCCCCCCCCCCCCCCCCCCCCCCCCC. The fourth-order valence-electron chi connectivity index (χ4n) is 10.00. The predicted molar refractivity (Wildman–Crippen MR) is 348 cm³/mol. The summed E-state index contributed by atoms with van der Waals surface area (Å²) in [5.41, 5.74) is 0. The van der Waals surface area contributed by atoms with Crippen LogP contribution in [0.25, 0.3) is 0 Å². The van der Waals surface area contributed by atoms with Crippen molar-refractivity contribution in [2.75, 3.05) is 13.2 Å². The molecule has 0 aliphatic rings. The summed E-state index contributed by atoms with van der Waals surface area (Å²) in [7, 11) is 0. The zero-order chi connectivity index (χ0) is 57.8. The average Bonchev–Trinajstić information content (AvgIpc) is 3.46. The highest BCUT2D eigenvalue weighted by atomic mass is 16.6. The van der Waals surface area contributed by atoms with Gasteiger partial charge in [-0.15, -0.1) is 0 Å². The van der Waals surface area contributed by atoms with Gasteiger partial charge in [0, 0.05) is 19.3 Å². The zero-order valence-electron chi connectivity index (χ0n) is 53.1. The summed E-state index contributed by atoms with van der Waals surface area (Å²) in [6, 6.07) is 0. The Morgan fingerprint density at radius 2 is 0.512 bits per heavy atom. The van der Waals surface area contributed by atoms with Crippen LogP contribution < -0.4 is 0 Å². The van der Waals surface area contributed by atoms with Crippen LogP contribution in [-0.4, -0.2) is 37.2 Å². The van der Waals surface area contributed by atoms with E-state index >= 15 is 0 Å². The van der Waals surface area contributed by atoms with E-state index in [0.29, 0.717) is 19.3 Å². The number of carbonyl (C=O) groups is 3. The molecule has 80 heavy (non-hydrogen) atoms. The molecule has 0 amide bonds. The Hall–Kier alpha value is -3.41. The number of ether oxygens (including phenoxy) is 3. The highest BCUT2D eigenvalue weighted by Crippen LogP contribution is 2.18. The number of allylic oxidation sites excluding steroid dienone is 14. The van der Waals surface area contributed by atoms with E-state index in [1.807, 2.05) is 6.08 Å². The van der Waals surface area contributed by atoms with Crippen LogP contribution in [0.4, 0.5) is 0 Å². The van der Waals surface area contributed by atoms with Gasteiger partial charge in [-0.05, 0) is 83.5 Å². The third-order valence-electron chi connectivity index (χ3n) is 15.1. The van der Waals surface area contributed by atoms with Gasteiger partial charge in [0.2, 0.25) is 0 Å². The van der Waals surface area contributed by atoms with E-state index < -0.39 is 6.10 Å². The van der Waals surface area contributed by atoms with Crippen molar-refractivity contribution >= 4 is 17.9 Å². The van der Waals surface area contributed by atoms with E-state index in [0.717, 1.165) is 77.0 Å². The number of unbranched alkanes of at least 4 members (excludes halogenated alkanes) is 38. The molecule has 0 aromatic carbocycles. The summed E-state index contributed by atoms with van der Waals surface area (Å²) in [6.45, 7) is 6.51. The minimum absolute atomic E-state index is 0.104. The van der Waals surface area contributed by atoms with Gasteiger partial charge >= 0.3 is 17.9 Å². The van der Waals surface area contributed by atoms with Crippen LogP contribution in [0.15, 0.2) is 85.1 Å². The van der Waals surface area contributed by atoms with Crippen LogP contribution in [-0.2, 0) is 28.6 Å². The molecule has 0 N–H and O–H groups in total. The molecule has 0 radical (unpaired) electrons. The summed E-state index contributed by atoms with van der Waals surface area (Å²) in [6.07, 6.45) is 90.5. The molecule has 0 fully saturated rings. The van der Waals surface area contributed by atoms with Crippen LogP contribution in [0.2, 0.25) is 0 Å². The molecule has 0 saturated heterocycles. The number of esters is 3. The topological polar surface area (TPSA) is 78.9 Å². The Labute approximate surface area is 496 Å². The molecule has 0 aliphatic carbocycles.